The average molecular weight is 228 g/mol. The maximum absolute atomic E-state index is 12.1. The van der Waals surface area contributed by atoms with Crippen LogP contribution in [0.2, 0.25) is 0 Å². The van der Waals surface area contributed by atoms with E-state index >= 15 is 0 Å². The normalized spacial score (nSPS) is 13.8. The molecule has 96 valence electrons. The molecule has 0 fully saturated rings. The summed E-state index contributed by atoms with van der Waals surface area (Å²) in [4.78, 5) is 12.1. The molecule has 0 N–H and O–H groups in total. The summed E-state index contributed by atoms with van der Waals surface area (Å²) in [5, 5.41) is 0. The SMILES string of the molecule is CCCCC(CC)CC(=O)C(C)(C)OCC. The molecule has 2 nitrogen and oxygen atoms in total. The zero-order chi connectivity index (χ0) is 12.6. The summed E-state index contributed by atoms with van der Waals surface area (Å²) < 4.78 is 5.49. The van der Waals surface area contributed by atoms with Crippen LogP contribution in [-0.2, 0) is 9.53 Å². The van der Waals surface area contributed by atoms with E-state index in [1.54, 1.807) is 0 Å². The predicted octanol–water partition coefficient (Wildman–Crippen LogP) is 3.98. The molecule has 0 saturated heterocycles. The van der Waals surface area contributed by atoms with Crippen molar-refractivity contribution in [3.8, 4) is 0 Å². The van der Waals surface area contributed by atoms with Gasteiger partial charge in [0.1, 0.15) is 5.60 Å². The molecule has 0 aliphatic carbocycles. The highest BCUT2D eigenvalue weighted by atomic mass is 16.5. The number of ketones is 1. The van der Waals surface area contributed by atoms with Gasteiger partial charge < -0.3 is 4.74 Å². The second-order valence-electron chi connectivity index (χ2n) is 4.99. The first kappa shape index (κ1) is 15.6. The lowest BCUT2D eigenvalue weighted by Gasteiger charge is -2.25. The van der Waals surface area contributed by atoms with E-state index in [4.69, 9.17) is 4.74 Å². The zero-order valence-corrected chi connectivity index (χ0v) is 11.6. The molecule has 0 spiro atoms. The van der Waals surface area contributed by atoms with Gasteiger partial charge in [-0.05, 0) is 26.7 Å². The minimum Gasteiger partial charge on any atom is -0.368 e. The fourth-order valence-electron chi connectivity index (χ4n) is 1.89. The first-order chi connectivity index (χ1) is 7.47. The Hall–Kier alpha value is -0.370. The van der Waals surface area contributed by atoms with Gasteiger partial charge in [0.05, 0.1) is 0 Å². The molecule has 2 heteroatoms. The van der Waals surface area contributed by atoms with Crippen LogP contribution in [0.25, 0.3) is 0 Å². The van der Waals surface area contributed by atoms with E-state index in [0.717, 1.165) is 6.42 Å². The van der Waals surface area contributed by atoms with E-state index in [9.17, 15) is 4.79 Å². The van der Waals surface area contributed by atoms with Gasteiger partial charge in [-0.25, -0.2) is 0 Å². The van der Waals surface area contributed by atoms with Crippen molar-refractivity contribution in [2.75, 3.05) is 6.61 Å². The number of Topliss-reactive ketones (excluding diaryl/α,β-unsaturated/α-hetero) is 1. The first-order valence-corrected chi connectivity index (χ1v) is 6.65. The van der Waals surface area contributed by atoms with Crippen molar-refractivity contribution in [3.63, 3.8) is 0 Å². The lowest BCUT2D eigenvalue weighted by atomic mass is 9.88. The number of unbranched alkanes of at least 4 members (excludes halogenated alkanes) is 1. The van der Waals surface area contributed by atoms with Crippen LogP contribution < -0.4 is 0 Å². The molecule has 0 aliphatic rings. The lowest BCUT2D eigenvalue weighted by molar-refractivity contribution is -0.140. The van der Waals surface area contributed by atoms with Crippen molar-refractivity contribution in [1.29, 1.82) is 0 Å². The third kappa shape index (κ3) is 5.64. The van der Waals surface area contributed by atoms with Crippen LogP contribution in [0, 0.1) is 5.92 Å². The summed E-state index contributed by atoms with van der Waals surface area (Å²) in [7, 11) is 0. The molecule has 0 rings (SSSR count). The fourth-order valence-corrected chi connectivity index (χ4v) is 1.89. The highest BCUT2D eigenvalue weighted by Gasteiger charge is 2.29. The second-order valence-corrected chi connectivity index (χ2v) is 4.99. The van der Waals surface area contributed by atoms with Crippen molar-refractivity contribution in [1.82, 2.24) is 0 Å². The average Bonchev–Trinajstić information content (AvgIpc) is 2.23. The molecule has 0 saturated carbocycles. The predicted molar refractivity (Wildman–Crippen MR) is 68.6 cm³/mol. The minimum absolute atomic E-state index is 0.248. The van der Waals surface area contributed by atoms with Crippen LogP contribution in [0.15, 0.2) is 0 Å². The quantitative estimate of drug-likeness (QED) is 0.596. The molecule has 0 amide bonds. The maximum atomic E-state index is 12.1. The number of carbonyl (C=O) groups is 1. The molecule has 1 atom stereocenters. The van der Waals surface area contributed by atoms with E-state index < -0.39 is 5.60 Å². The standard InChI is InChI=1S/C14H28O2/c1-6-9-10-12(7-2)11-13(15)14(4,5)16-8-3/h12H,6-11H2,1-5H3. The van der Waals surface area contributed by atoms with Gasteiger partial charge in [-0.2, -0.15) is 0 Å². The smallest absolute Gasteiger partial charge is 0.164 e. The minimum atomic E-state index is -0.603. The lowest BCUT2D eigenvalue weighted by Crippen LogP contribution is -2.36. The van der Waals surface area contributed by atoms with E-state index in [1.165, 1.54) is 19.3 Å². The molecule has 0 aromatic heterocycles. The number of ether oxygens (including phenoxy) is 1. The summed E-state index contributed by atoms with van der Waals surface area (Å²) in [5.74, 6) is 0.782. The van der Waals surface area contributed by atoms with E-state index in [1.807, 2.05) is 20.8 Å². The zero-order valence-electron chi connectivity index (χ0n) is 11.6. The van der Waals surface area contributed by atoms with Crippen LogP contribution in [0.5, 0.6) is 0 Å². The van der Waals surface area contributed by atoms with Crippen molar-refractivity contribution >= 4 is 5.78 Å². The van der Waals surface area contributed by atoms with Crippen LogP contribution >= 0.6 is 0 Å². The Kier molecular flexibility index (Phi) is 7.65. The molecular weight excluding hydrogens is 200 g/mol. The third-order valence-electron chi connectivity index (χ3n) is 3.19. The summed E-state index contributed by atoms with van der Waals surface area (Å²) in [6.45, 7) is 10.7. The van der Waals surface area contributed by atoms with Gasteiger partial charge in [-0.3, -0.25) is 4.79 Å². The molecule has 0 bridgehead atoms. The number of carbonyl (C=O) groups excluding carboxylic acids is 1. The van der Waals surface area contributed by atoms with Crippen LogP contribution in [0.3, 0.4) is 0 Å². The van der Waals surface area contributed by atoms with Gasteiger partial charge in [-0.1, -0.05) is 39.5 Å². The van der Waals surface area contributed by atoms with Gasteiger partial charge in [0.25, 0.3) is 0 Å². The molecule has 16 heavy (non-hydrogen) atoms. The molecule has 0 aromatic carbocycles. The van der Waals surface area contributed by atoms with Gasteiger partial charge in [0.2, 0.25) is 0 Å². The Bertz CT molecular complexity index is 197. The molecule has 1 unspecified atom stereocenters. The molecule has 0 aromatic rings. The Morgan fingerprint density at radius 3 is 2.31 bits per heavy atom. The number of hydrogen-bond acceptors (Lipinski definition) is 2. The Balaban J connectivity index is 4.17. The van der Waals surface area contributed by atoms with E-state index in [2.05, 4.69) is 13.8 Å². The van der Waals surface area contributed by atoms with Crippen molar-refractivity contribution in [3.05, 3.63) is 0 Å². The molecule has 0 heterocycles. The topological polar surface area (TPSA) is 26.3 Å². The van der Waals surface area contributed by atoms with E-state index in [-0.39, 0.29) is 5.78 Å². The summed E-state index contributed by atoms with van der Waals surface area (Å²) >= 11 is 0. The molecule has 0 aliphatic heterocycles. The van der Waals surface area contributed by atoms with Crippen molar-refractivity contribution in [2.24, 2.45) is 5.92 Å². The first-order valence-electron chi connectivity index (χ1n) is 6.65. The van der Waals surface area contributed by atoms with Crippen LogP contribution in [-0.4, -0.2) is 18.0 Å². The largest absolute Gasteiger partial charge is 0.368 e. The van der Waals surface area contributed by atoms with Crippen molar-refractivity contribution in [2.45, 2.75) is 72.3 Å². The Labute approximate surface area is 101 Å². The summed E-state index contributed by atoms with van der Waals surface area (Å²) in [6.07, 6.45) is 5.36. The van der Waals surface area contributed by atoms with Gasteiger partial charge in [0, 0.05) is 13.0 Å². The highest BCUT2D eigenvalue weighted by Crippen LogP contribution is 2.22. The highest BCUT2D eigenvalue weighted by molar-refractivity contribution is 5.86. The van der Waals surface area contributed by atoms with Gasteiger partial charge in [-0.15, -0.1) is 0 Å². The van der Waals surface area contributed by atoms with Crippen LogP contribution in [0.4, 0.5) is 0 Å². The van der Waals surface area contributed by atoms with Gasteiger partial charge in [0.15, 0.2) is 5.78 Å². The van der Waals surface area contributed by atoms with Gasteiger partial charge >= 0.3 is 0 Å². The monoisotopic (exact) mass is 228 g/mol. The maximum Gasteiger partial charge on any atom is 0.164 e. The number of hydrogen-bond donors (Lipinski definition) is 0. The Morgan fingerprint density at radius 1 is 1.25 bits per heavy atom. The second kappa shape index (κ2) is 7.83. The summed E-state index contributed by atoms with van der Waals surface area (Å²) in [6, 6.07) is 0. The summed E-state index contributed by atoms with van der Waals surface area (Å²) in [5.41, 5.74) is -0.603. The number of rotatable bonds is 9. The molecular formula is C14H28O2. The fraction of sp³-hybridized carbons (Fsp3) is 0.929. The van der Waals surface area contributed by atoms with Crippen molar-refractivity contribution < 1.29 is 9.53 Å². The van der Waals surface area contributed by atoms with E-state index in [0.29, 0.717) is 18.9 Å². The Morgan fingerprint density at radius 2 is 1.88 bits per heavy atom. The van der Waals surface area contributed by atoms with Crippen LogP contribution in [0.1, 0.15) is 66.7 Å². The third-order valence-corrected chi connectivity index (χ3v) is 3.19. The molecule has 0 radical (unpaired) electrons.